The standard InChI is InChI=1S/C8H9N3/c9-7-5-10-8-3-1-2-4-11(8)6-7/h1-3,5-6H,4,9H2. The van der Waals surface area contributed by atoms with Gasteiger partial charge < -0.3 is 10.6 Å². The van der Waals surface area contributed by atoms with Gasteiger partial charge >= 0.3 is 0 Å². The number of fused-ring (bicyclic) bond motifs is 1. The van der Waals surface area contributed by atoms with Crippen LogP contribution >= 0.6 is 0 Å². The Morgan fingerprint density at radius 1 is 1.55 bits per heavy atom. The largest absolute Gasteiger partial charge is 0.396 e. The summed E-state index contributed by atoms with van der Waals surface area (Å²) in [5.41, 5.74) is 6.27. The van der Waals surface area contributed by atoms with E-state index in [1.54, 1.807) is 6.21 Å². The van der Waals surface area contributed by atoms with Crippen LogP contribution in [-0.2, 0) is 0 Å². The minimum atomic E-state index is 0.706. The van der Waals surface area contributed by atoms with Gasteiger partial charge in [-0.05, 0) is 6.08 Å². The molecule has 2 N–H and O–H groups in total. The van der Waals surface area contributed by atoms with Gasteiger partial charge in [0, 0.05) is 12.7 Å². The maximum absolute atomic E-state index is 5.56. The zero-order chi connectivity index (χ0) is 7.68. The topological polar surface area (TPSA) is 41.6 Å². The lowest BCUT2D eigenvalue weighted by atomic mass is 10.3. The number of hydrogen-bond acceptors (Lipinski definition) is 3. The molecule has 0 amide bonds. The van der Waals surface area contributed by atoms with Gasteiger partial charge in [-0.3, -0.25) is 0 Å². The van der Waals surface area contributed by atoms with Crippen LogP contribution in [0.2, 0.25) is 0 Å². The summed E-state index contributed by atoms with van der Waals surface area (Å²) in [6.07, 6.45) is 9.58. The van der Waals surface area contributed by atoms with E-state index in [2.05, 4.69) is 11.1 Å². The van der Waals surface area contributed by atoms with E-state index in [0.29, 0.717) is 5.70 Å². The Bertz CT molecular complexity index is 284. The van der Waals surface area contributed by atoms with Gasteiger partial charge in [-0.25, -0.2) is 4.99 Å². The van der Waals surface area contributed by atoms with E-state index in [0.717, 1.165) is 12.4 Å². The summed E-state index contributed by atoms with van der Waals surface area (Å²) in [7, 11) is 0. The summed E-state index contributed by atoms with van der Waals surface area (Å²) < 4.78 is 0. The first-order valence-electron chi connectivity index (χ1n) is 3.51. The monoisotopic (exact) mass is 147 g/mol. The molecule has 2 heterocycles. The van der Waals surface area contributed by atoms with E-state index in [9.17, 15) is 0 Å². The Kier molecular flexibility index (Phi) is 1.28. The van der Waals surface area contributed by atoms with Crippen molar-refractivity contribution in [1.29, 1.82) is 0 Å². The molecule has 0 atom stereocenters. The number of rotatable bonds is 0. The maximum Gasteiger partial charge on any atom is 0.132 e. The van der Waals surface area contributed by atoms with E-state index in [1.807, 2.05) is 23.3 Å². The zero-order valence-electron chi connectivity index (χ0n) is 6.07. The van der Waals surface area contributed by atoms with Crippen molar-refractivity contribution in [3.05, 3.63) is 35.9 Å². The van der Waals surface area contributed by atoms with Crippen molar-refractivity contribution in [2.75, 3.05) is 6.54 Å². The van der Waals surface area contributed by atoms with E-state index < -0.39 is 0 Å². The van der Waals surface area contributed by atoms with Crippen LogP contribution in [0, 0.1) is 0 Å². The second-order valence-electron chi connectivity index (χ2n) is 2.49. The Hall–Kier alpha value is -1.51. The number of aliphatic imine (C=N–C) groups is 1. The molecule has 3 heteroatoms. The molecule has 0 saturated heterocycles. The van der Waals surface area contributed by atoms with E-state index >= 15 is 0 Å². The molecule has 0 spiro atoms. The summed E-state index contributed by atoms with van der Waals surface area (Å²) in [6, 6.07) is 0. The molecule has 0 fully saturated rings. The fourth-order valence-electron chi connectivity index (χ4n) is 1.11. The van der Waals surface area contributed by atoms with E-state index in [-0.39, 0.29) is 0 Å². The highest BCUT2D eigenvalue weighted by Crippen LogP contribution is 2.14. The highest BCUT2D eigenvalue weighted by molar-refractivity contribution is 5.79. The molecule has 0 aliphatic carbocycles. The third kappa shape index (κ3) is 1.05. The molecule has 2 aliphatic rings. The summed E-state index contributed by atoms with van der Waals surface area (Å²) in [6.45, 7) is 0.865. The van der Waals surface area contributed by atoms with Crippen LogP contribution in [0.15, 0.2) is 40.9 Å². The third-order valence-corrected chi connectivity index (χ3v) is 1.63. The van der Waals surface area contributed by atoms with Gasteiger partial charge in [0.2, 0.25) is 0 Å². The van der Waals surface area contributed by atoms with Crippen LogP contribution in [0.1, 0.15) is 0 Å². The summed E-state index contributed by atoms with van der Waals surface area (Å²) in [5, 5.41) is 0. The van der Waals surface area contributed by atoms with Crippen molar-refractivity contribution in [3.63, 3.8) is 0 Å². The average molecular weight is 147 g/mol. The van der Waals surface area contributed by atoms with Gasteiger partial charge in [-0.2, -0.15) is 0 Å². The van der Waals surface area contributed by atoms with Crippen molar-refractivity contribution in [3.8, 4) is 0 Å². The second-order valence-corrected chi connectivity index (χ2v) is 2.49. The molecule has 2 rings (SSSR count). The van der Waals surface area contributed by atoms with Crippen molar-refractivity contribution >= 4 is 6.21 Å². The Labute approximate surface area is 65.2 Å². The molecular formula is C8H9N3. The molecule has 0 aromatic carbocycles. The van der Waals surface area contributed by atoms with E-state index in [4.69, 9.17) is 5.73 Å². The molecule has 56 valence electrons. The first-order valence-corrected chi connectivity index (χ1v) is 3.51. The summed E-state index contributed by atoms with van der Waals surface area (Å²) in [5.74, 6) is 0.960. The molecule has 0 bridgehead atoms. The molecule has 0 unspecified atom stereocenters. The maximum atomic E-state index is 5.56. The molecule has 11 heavy (non-hydrogen) atoms. The van der Waals surface area contributed by atoms with Gasteiger partial charge in [0.05, 0.1) is 11.9 Å². The lowest BCUT2D eigenvalue weighted by Crippen LogP contribution is -2.23. The quantitative estimate of drug-likeness (QED) is 0.544. The predicted octanol–water partition coefficient (Wildman–Crippen LogP) is 0.584. The zero-order valence-corrected chi connectivity index (χ0v) is 6.07. The van der Waals surface area contributed by atoms with Crippen molar-refractivity contribution in [1.82, 2.24) is 4.90 Å². The number of hydrogen-bond donors (Lipinski definition) is 1. The first kappa shape index (κ1) is 6.22. The van der Waals surface area contributed by atoms with Crippen molar-refractivity contribution in [2.24, 2.45) is 10.7 Å². The first-order chi connectivity index (χ1) is 5.36. The van der Waals surface area contributed by atoms with Crippen molar-refractivity contribution in [2.45, 2.75) is 0 Å². The minimum absolute atomic E-state index is 0.706. The number of nitrogens with two attached hydrogens (primary N) is 1. The third-order valence-electron chi connectivity index (χ3n) is 1.63. The summed E-state index contributed by atoms with van der Waals surface area (Å²) >= 11 is 0. The van der Waals surface area contributed by atoms with Gasteiger partial charge in [0.1, 0.15) is 5.82 Å². The molecule has 3 nitrogen and oxygen atoms in total. The van der Waals surface area contributed by atoms with Crippen LogP contribution in [0.5, 0.6) is 0 Å². The van der Waals surface area contributed by atoms with Crippen LogP contribution in [0.4, 0.5) is 0 Å². The summed E-state index contributed by atoms with van der Waals surface area (Å²) in [4.78, 5) is 6.16. The highest BCUT2D eigenvalue weighted by atomic mass is 15.2. The van der Waals surface area contributed by atoms with Crippen LogP contribution in [0.25, 0.3) is 0 Å². The second kappa shape index (κ2) is 2.27. The SMILES string of the molecule is NC1=CN2CC=CC=C2N=C1. The normalized spacial score (nSPS) is 20.9. The highest BCUT2D eigenvalue weighted by Gasteiger charge is 2.09. The average Bonchev–Trinajstić information content (AvgIpc) is 2.04. The minimum Gasteiger partial charge on any atom is -0.396 e. The van der Waals surface area contributed by atoms with Crippen LogP contribution in [-0.4, -0.2) is 17.7 Å². The molecule has 0 saturated carbocycles. The Morgan fingerprint density at radius 2 is 2.45 bits per heavy atom. The Balaban J connectivity index is 2.33. The van der Waals surface area contributed by atoms with Gasteiger partial charge in [-0.15, -0.1) is 0 Å². The molecule has 0 aromatic heterocycles. The van der Waals surface area contributed by atoms with Gasteiger partial charge in [-0.1, -0.05) is 12.2 Å². The molecule has 0 aromatic rings. The fraction of sp³-hybridized carbons (Fsp3) is 0.125. The number of nitrogens with zero attached hydrogens (tertiary/aromatic N) is 2. The predicted molar refractivity (Wildman–Crippen MR) is 44.7 cm³/mol. The van der Waals surface area contributed by atoms with Crippen LogP contribution in [0.3, 0.4) is 0 Å². The molecule has 0 radical (unpaired) electrons. The fourth-order valence-corrected chi connectivity index (χ4v) is 1.11. The number of allylic oxidation sites excluding steroid dienone is 3. The van der Waals surface area contributed by atoms with Gasteiger partial charge in [0.15, 0.2) is 0 Å². The van der Waals surface area contributed by atoms with Crippen molar-refractivity contribution < 1.29 is 0 Å². The molecular weight excluding hydrogens is 138 g/mol. The smallest absolute Gasteiger partial charge is 0.132 e. The lowest BCUT2D eigenvalue weighted by molar-refractivity contribution is 0.498. The lowest BCUT2D eigenvalue weighted by Gasteiger charge is -2.24. The Morgan fingerprint density at radius 3 is 3.36 bits per heavy atom. The molecule has 2 aliphatic heterocycles. The van der Waals surface area contributed by atoms with Crippen LogP contribution < -0.4 is 5.73 Å². The van der Waals surface area contributed by atoms with Gasteiger partial charge in [0.25, 0.3) is 0 Å². The van der Waals surface area contributed by atoms with E-state index in [1.165, 1.54) is 0 Å².